The number of aromatic amines is 1. The molecule has 0 bridgehead atoms. The van der Waals surface area contributed by atoms with Gasteiger partial charge in [-0.2, -0.15) is 0 Å². The number of carbonyl (C=O) groups excluding carboxylic acids is 3. The van der Waals surface area contributed by atoms with Crippen LogP contribution in [0.3, 0.4) is 0 Å². The summed E-state index contributed by atoms with van der Waals surface area (Å²) in [5.74, 6) is -0.114. The summed E-state index contributed by atoms with van der Waals surface area (Å²) in [7, 11) is 0. The predicted molar refractivity (Wildman–Crippen MR) is 115 cm³/mol. The fraction of sp³-hybridized carbons (Fsp3) is 0.478. The first-order chi connectivity index (χ1) is 15.6. The number of imidazole rings is 1. The molecule has 3 aliphatic heterocycles. The number of carbonyl (C=O) groups is 3. The molecule has 32 heavy (non-hydrogen) atoms. The summed E-state index contributed by atoms with van der Waals surface area (Å²) in [5, 5.41) is 2.33. The second-order valence-electron chi connectivity index (χ2n) is 8.73. The van der Waals surface area contributed by atoms with Gasteiger partial charge in [-0.3, -0.25) is 24.6 Å². The van der Waals surface area contributed by atoms with Gasteiger partial charge in [-0.15, -0.1) is 0 Å². The minimum atomic E-state index is -0.602. The number of hydrogen-bond acceptors (Lipinski definition) is 6. The zero-order chi connectivity index (χ0) is 22.1. The molecule has 2 saturated heterocycles. The van der Waals surface area contributed by atoms with E-state index >= 15 is 0 Å². The van der Waals surface area contributed by atoms with Gasteiger partial charge in [0, 0.05) is 43.0 Å². The molecule has 3 aliphatic rings. The van der Waals surface area contributed by atoms with Crippen LogP contribution in [0.2, 0.25) is 0 Å². The van der Waals surface area contributed by atoms with Crippen LogP contribution in [-0.4, -0.2) is 62.7 Å². The average molecular weight is 438 g/mol. The number of rotatable bonds is 6. The Bertz CT molecular complexity index is 1020. The molecule has 9 heteroatoms. The van der Waals surface area contributed by atoms with Crippen LogP contribution < -0.4 is 10.1 Å². The van der Waals surface area contributed by atoms with Crippen molar-refractivity contribution in [3.8, 4) is 5.75 Å². The van der Waals surface area contributed by atoms with Crippen molar-refractivity contribution in [2.45, 2.75) is 57.3 Å². The standard InChI is InChI=1S/C23H27N5O4/c29-21-7-6-20(22(30)26-21)28-11-15-9-18(4-5-19(15)23(28)31)32-13-17-3-1-2-8-27(17)12-16-10-24-14-25-16/h4-5,9-10,14,17,20H,1-3,6-8,11-13H2,(H,24,25)(H,26,29,30)/t17-,20?/m1/s1. The van der Waals surface area contributed by atoms with Crippen LogP contribution >= 0.6 is 0 Å². The van der Waals surface area contributed by atoms with Gasteiger partial charge in [-0.05, 0) is 49.6 Å². The van der Waals surface area contributed by atoms with E-state index in [-0.39, 0.29) is 18.2 Å². The van der Waals surface area contributed by atoms with Crippen LogP contribution in [0.15, 0.2) is 30.7 Å². The summed E-state index contributed by atoms with van der Waals surface area (Å²) in [6.45, 7) is 2.80. The Kier molecular flexibility index (Phi) is 5.65. The van der Waals surface area contributed by atoms with E-state index in [0.717, 1.165) is 36.5 Å². The number of piperidine rings is 2. The highest BCUT2D eigenvalue weighted by atomic mass is 16.5. The Morgan fingerprint density at radius 3 is 2.88 bits per heavy atom. The molecule has 0 radical (unpaired) electrons. The Morgan fingerprint density at radius 1 is 1.16 bits per heavy atom. The maximum Gasteiger partial charge on any atom is 0.255 e. The number of aromatic nitrogens is 2. The summed E-state index contributed by atoms with van der Waals surface area (Å²) in [4.78, 5) is 47.8. The molecular weight excluding hydrogens is 410 g/mol. The Morgan fingerprint density at radius 2 is 2.06 bits per heavy atom. The summed E-state index contributed by atoms with van der Waals surface area (Å²) < 4.78 is 6.15. The molecular formula is C23H27N5O4. The van der Waals surface area contributed by atoms with Gasteiger partial charge >= 0.3 is 0 Å². The Balaban J connectivity index is 1.23. The number of H-pyrrole nitrogens is 1. The highest BCUT2D eigenvalue weighted by molar-refractivity contribution is 6.05. The molecule has 1 unspecified atom stereocenters. The van der Waals surface area contributed by atoms with Crippen LogP contribution in [0.25, 0.3) is 0 Å². The molecule has 1 aromatic heterocycles. The second-order valence-corrected chi connectivity index (χ2v) is 8.73. The Labute approximate surface area is 186 Å². The van der Waals surface area contributed by atoms with Crippen molar-refractivity contribution in [2.75, 3.05) is 13.2 Å². The number of likely N-dealkylation sites (tertiary alicyclic amines) is 1. The third-order valence-corrected chi connectivity index (χ3v) is 6.61. The zero-order valence-electron chi connectivity index (χ0n) is 17.9. The lowest BCUT2D eigenvalue weighted by atomic mass is 10.0. The lowest BCUT2D eigenvalue weighted by Gasteiger charge is -2.35. The lowest BCUT2D eigenvalue weighted by Crippen LogP contribution is -2.52. The van der Waals surface area contributed by atoms with Gasteiger partial charge in [0.2, 0.25) is 11.8 Å². The number of ether oxygens (including phenoxy) is 1. The van der Waals surface area contributed by atoms with Crippen molar-refractivity contribution in [3.63, 3.8) is 0 Å². The van der Waals surface area contributed by atoms with E-state index in [0.29, 0.717) is 31.2 Å². The molecule has 5 rings (SSSR count). The maximum atomic E-state index is 12.8. The maximum absolute atomic E-state index is 12.8. The molecule has 9 nitrogen and oxygen atoms in total. The normalized spacial score (nSPS) is 23.9. The fourth-order valence-corrected chi connectivity index (χ4v) is 4.88. The molecule has 2 aromatic rings. The van der Waals surface area contributed by atoms with Crippen LogP contribution in [0.4, 0.5) is 0 Å². The third kappa shape index (κ3) is 4.12. The first kappa shape index (κ1) is 20.7. The average Bonchev–Trinajstić information content (AvgIpc) is 3.41. The molecule has 168 valence electrons. The van der Waals surface area contributed by atoms with E-state index in [9.17, 15) is 14.4 Å². The Hall–Kier alpha value is -3.20. The van der Waals surface area contributed by atoms with Crippen LogP contribution in [0.1, 0.15) is 53.7 Å². The highest BCUT2D eigenvalue weighted by Gasteiger charge is 2.39. The van der Waals surface area contributed by atoms with Crippen molar-refractivity contribution >= 4 is 17.7 Å². The molecule has 0 spiro atoms. The summed E-state index contributed by atoms with van der Waals surface area (Å²) in [6, 6.07) is 5.23. The fourth-order valence-electron chi connectivity index (χ4n) is 4.88. The zero-order valence-corrected chi connectivity index (χ0v) is 17.9. The van der Waals surface area contributed by atoms with Gasteiger partial charge in [-0.1, -0.05) is 6.42 Å². The van der Waals surface area contributed by atoms with Crippen molar-refractivity contribution in [1.82, 2.24) is 25.1 Å². The summed E-state index contributed by atoms with van der Waals surface area (Å²) in [6.07, 6.45) is 7.63. The molecule has 2 fully saturated rings. The number of nitrogens with one attached hydrogen (secondary N) is 2. The highest BCUT2D eigenvalue weighted by Crippen LogP contribution is 2.30. The van der Waals surface area contributed by atoms with Gasteiger partial charge in [0.15, 0.2) is 0 Å². The van der Waals surface area contributed by atoms with Gasteiger partial charge in [0.05, 0.1) is 6.33 Å². The van der Waals surface area contributed by atoms with Crippen LogP contribution in [-0.2, 0) is 22.7 Å². The predicted octanol–water partition coefficient (Wildman–Crippen LogP) is 1.60. The van der Waals surface area contributed by atoms with Crippen LogP contribution in [0.5, 0.6) is 5.75 Å². The van der Waals surface area contributed by atoms with Gasteiger partial charge < -0.3 is 14.6 Å². The first-order valence-electron chi connectivity index (χ1n) is 11.2. The van der Waals surface area contributed by atoms with E-state index in [2.05, 4.69) is 20.2 Å². The monoisotopic (exact) mass is 437 g/mol. The molecule has 2 N–H and O–H groups in total. The second kappa shape index (κ2) is 8.74. The van der Waals surface area contributed by atoms with E-state index in [1.54, 1.807) is 17.3 Å². The molecule has 0 aliphatic carbocycles. The van der Waals surface area contributed by atoms with Crippen molar-refractivity contribution < 1.29 is 19.1 Å². The molecule has 1 aromatic carbocycles. The number of imide groups is 1. The third-order valence-electron chi connectivity index (χ3n) is 6.61. The molecule has 3 amide bonds. The SMILES string of the molecule is O=C1CCC(N2Cc3cc(OC[C@H]4CCCCN4Cc4cnc[nH]4)ccc3C2=O)C(=O)N1. The van der Waals surface area contributed by atoms with Crippen molar-refractivity contribution in [1.29, 1.82) is 0 Å². The largest absolute Gasteiger partial charge is 0.492 e. The van der Waals surface area contributed by atoms with Gasteiger partial charge in [0.1, 0.15) is 18.4 Å². The molecule has 2 atom stereocenters. The number of hydrogen-bond donors (Lipinski definition) is 2. The topological polar surface area (TPSA) is 108 Å². The van der Waals surface area contributed by atoms with Crippen molar-refractivity contribution in [2.24, 2.45) is 0 Å². The smallest absolute Gasteiger partial charge is 0.255 e. The number of nitrogens with zero attached hydrogens (tertiary/aromatic N) is 3. The lowest BCUT2D eigenvalue weighted by molar-refractivity contribution is -0.136. The van der Waals surface area contributed by atoms with Gasteiger partial charge in [0.25, 0.3) is 5.91 Å². The minimum absolute atomic E-state index is 0.168. The molecule has 4 heterocycles. The van der Waals surface area contributed by atoms with Crippen molar-refractivity contribution in [3.05, 3.63) is 47.5 Å². The first-order valence-corrected chi connectivity index (χ1v) is 11.2. The number of fused-ring (bicyclic) bond motifs is 1. The van der Waals surface area contributed by atoms with E-state index in [1.165, 1.54) is 12.8 Å². The molecule has 0 saturated carbocycles. The van der Waals surface area contributed by atoms with Gasteiger partial charge in [-0.25, -0.2) is 4.98 Å². The summed E-state index contributed by atoms with van der Waals surface area (Å²) >= 11 is 0. The van der Waals surface area contributed by atoms with E-state index in [1.807, 2.05) is 18.3 Å². The van der Waals surface area contributed by atoms with Crippen LogP contribution in [0, 0.1) is 0 Å². The number of benzene rings is 1. The number of amides is 3. The minimum Gasteiger partial charge on any atom is -0.492 e. The summed E-state index contributed by atoms with van der Waals surface area (Å²) in [5.41, 5.74) is 2.55. The van der Waals surface area contributed by atoms with E-state index < -0.39 is 11.9 Å². The van der Waals surface area contributed by atoms with E-state index in [4.69, 9.17) is 4.74 Å². The quantitative estimate of drug-likeness (QED) is 0.665.